The highest BCUT2D eigenvalue weighted by Crippen LogP contribution is 2.42. The fraction of sp³-hybridized carbons (Fsp3) is 0.370. The van der Waals surface area contributed by atoms with Gasteiger partial charge in [0.25, 0.3) is 6.33 Å². The number of nitriles is 1. The number of anilines is 2. The van der Waals surface area contributed by atoms with E-state index in [1.807, 2.05) is 0 Å². The van der Waals surface area contributed by atoms with Gasteiger partial charge < -0.3 is 67.3 Å². The SMILES string of the molecule is CC(OC(=O)N(C)CC(=O)OCc1cccnc1N(C)C(=O)OC(C)[n+]1cnn(C[C@](O)(c2cc(F)ccc2F)[C@@H](C)c2nc(-c3ccc(C#N)cc3)cs2)c1)OC(=O)N(C)c1ncccc1COC(=O)CN(C)C(=O)OC(C)(C)C.[I-]. The number of esters is 2. The molecule has 6 rings (SSSR count). The number of carbonyl (C=O) groups is 6. The average Bonchev–Trinajstić information content (AvgIpc) is 4.24. The van der Waals surface area contributed by atoms with Crippen molar-refractivity contribution >= 4 is 59.3 Å². The first-order valence-corrected chi connectivity index (χ1v) is 25.6. The second-order valence-electron chi connectivity index (χ2n) is 19.3. The Bertz CT molecular complexity index is 3290. The van der Waals surface area contributed by atoms with E-state index in [4.69, 9.17) is 33.4 Å². The first kappa shape index (κ1) is 64.4. The first-order chi connectivity index (χ1) is 38.3. The third kappa shape index (κ3) is 17.1. The van der Waals surface area contributed by atoms with Gasteiger partial charge >= 0.3 is 36.3 Å². The lowest BCUT2D eigenvalue weighted by molar-refractivity contribution is -0.753. The molecule has 0 radical (unpaired) electrons. The number of halogens is 3. The zero-order valence-electron chi connectivity index (χ0n) is 46.3. The molecule has 0 bridgehead atoms. The highest BCUT2D eigenvalue weighted by atomic mass is 127. The van der Waals surface area contributed by atoms with Crippen LogP contribution in [0.1, 0.15) is 80.9 Å². The van der Waals surface area contributed by atoms with Crippen molar-refractivity contribution in [3.05, 3.63) is 136 Å². The Morgan fingerprint density at radius 1 is 0.780 bits per heavy atom. The van der Waals surface area contributed by atoms with Gasteiger partial charge in [-0.2, -0.15) is 9.83 Å². The molecule has 82 heavy (non-hydrogen) atoms. The summed E-state index contributed by atoms with van der Waals surface area (Å²) >= 11 is 1.21. The molecule has 4 atom stereocenters. The van der Waals surface area contributed by atoms with Gasteiger partial charge in [0.2, 0.25) is 18.8 Å². The molecule has 6 aromatic rings. The molecule has 0 aliphatic carbocycles. The summed E-state index contributed by atoms with van der Waals surface area (Å²) in [6, 6.07) is 17.8. The average molecular weight is 1270 g/mol. The Morgan fingerprint density at radius 3 is 1.89 bits per heavy atom. The van der Waals surface area contributed by atoms with Crippen LogP contribution in [0.5, 0.6) is 0 Å². The van der Waals surface area contributed by atoms with Crippen molar-refractivity contribution in [2.24, 2.45) is 0 Å². The van der Waals surface area contributed by atoms with E-state index in [2.05, 4.69) is 21.1 Å². The molecule has 28 heteroatoms. The molecule has 0 spiro atoms. The summed E-state index contributed by atoms with van der Waals surface area (Å²) in [7, 11) is 5.31. The van der Waals surface area contributed by atoms with Crippen LogP contribution in [-0.4, -0.2) is 129 Å². The number of likely N-dealkylation sites (N-methyl/N-ethyl adjacent to an activating group) is 2. The number of rotatable bonds is 20. The quantitative estimate of drug-likeness (QED) is 0.0365. The van der Waals surface area contributed by atoms with Gasteiger partial charge in [-0.25, -0.2) is 42.9 Å². The van der Waals surface area contributed by atoms with E-state index in [0.717, 1.165) is 37.8 Å². The third-order valence-electron chi connectivity index (χ3n) is 12.0. The van der Waals surface area contributed by atoms with E-state index in [1.165, 1.54) is 87.7 Å². The Balaban J connectivity index is 0.0000123. The van der Waals surface area contributed by atoms with Crippen LogP contribution in [0.15, 0.2) is 97.2 Å². The zero-order valence-corrected chi connectivity index (χ0v) is 49.3. The normalized spacial score (nSPS) is 12.8. The molecule has 0 saturated carbocycles. The molecule has 1 N–H and O–H groups in total. The summed E-state index contributed by atoms with van der Waals surface area (Å²) in [6.45, 7) is 7.34. The monoisotopic (exact) mass is 1270 g/mol. The molecule has 2 aromatic carbocycles. The molecule has 436 valence electrons. The molecule has 4 aromatic heterocycles. The first-order valence-electron chi connectivity index (χ1n) is 24.8. The van der Waals surface area contributed by atoms with Crippen molar-refractivity contribution in [3.8, 4) is 17.3 Å². The Hall–Kier alpha value is -8.43. The maximum atomic E-state index is 15.5. The van der Waals surface area contributed by atoms with Crippen LogP contribution in [0.3, 0.4) is 0 Å². The fourth-order valence-electron chi connectivity index (χ4n) is 7.57. The van der Waals surface area contributed by atoms with Gasteiger partial charge in [0.05, 0.1) is 22.3 Å². The molecule has 0 aliphatic rings. The molecule has 0 saturated heterocycles. The number of benzene rings is 2. The van der Waals surface area contributed by atoms with E-state index in [1.54, 1.807) is 81.6 Å². The summed E-state index contributed by atoms with van der Waals surface area (Å²) in [5.74, 6) is -4.10. The maximum Gasteiger partial charge on any atom is 0.418 e. The Kier molecular flexibility index (Phi) is 22.2. The number of thiazole rings is 1. The fourth-order valence-corrected chi connectivity index (χ4v) is 8.54. The third-order valence-corrected chi connectivity index (χ3v) is 13.0. The second-order valence-corrected chi connectivity index (χ2v) is 20.2. The number of hydrogen-bond donors (Lipinski definition) is 1. The van der Waals surface area contributed by atoms with E-state index in [9.17, 15) is 43.5 Å². The standard InChI is InChI=1S/C54H60F2N11O13S.HI/c1-33(48-61-43(29-81-48)37-17-15-36(24-57)16-18-37)54(74,41-23-40(55)19-20-42(41)56)30-67-32-66(31-60-67)34(2)77-51(72)64(9)46-38(13-11-21-58-46)27-75-44(68)25-62(7)49(70)78-35(3)79-52(73)65(10)47-39(14-12-22-59-47)28-76-45(69)26-63(8)50(71)80-53(4,5)6;/h11-23,29,31-35,74H,25-28,30H2,1-10H3;1H/q+1;/p-1/t33-,34?,35?,54+;/m0./s1. The van der Waals surface area contributed by atoms with Gasteiger partial charge in [-0.05, 0) is 63.2 Å². The van der Waals surface area contributed by atoms with E-state index < -0.39 is 104 Å². The number of aliphatic hydroxyl groups is 1. The van der Waals surface area contributed by atoms with Crippen LogP contribution in [0, 0.1) is 23.0 Å². The molecule has 24 nitrogen and oxygen atoms in total. The van der Waals surface area contributed by atoms with Crippen molar-refractivity contribution in [2.75, 3.05) is 51.1 Å². The minimum atomic E-state index is -2.12. The summed E-state index contributed by atoms with van der Waals surface area (Å²) in [6.07, 6.45) is -0.677. The number of nitrogens with zero attached hydrogens (tertiary/aromatic N) is 11. The largest absolute Gasteiger partial charge is 1.00 e. The van der Waals surface area contributed by atoms with Gasteiger partial charge in [0.1, 0.15) is 67.3 Å². The van der Waals surface area contributed by atoms with E-state index >= 15 is 4.39 Å². The molecule has 4 heterocycles. The van der Waals surface area contributed by atoms with Crippen molar-refractivity contribution in [2.45, 2.75) is 90.9 Å². The van der Waals surface area contributed by atoms with E-state index in [0.29, 0.717) is 27.4 Å². The van der Waals surface area contributed by atoms with Crippen LogP contribution < -0.4 is 38.3 Å². The molecule has 0 fully saturated rings. The number of carbonyl (C=O) groups excluding carboxylic acids is 6. The smallest absolute Gasteiger partial charge is 0.418 e. The molecule has 0 aliphatic heterocycles. The topological polar surface area (TPSA) is 275 Å². The van der Waals surface area contributed by atoms with Gasteiger partial charge in [-0.15, -0.1) is 16.0 Å². The highest BCUT2D eigenvalue weighted by molar-refractivity contribution is 7.10. The Labute approximate surface area is 491 Å². The lowest BCUT2D eigenvalue weighted by Gasteiger charge is -2.32. The van der Waals surface area contributed by atoms with Gasteiger partial charge in [-0.3, -0.25) is 19.4 Å². The van der Waals surface area contributed by atoms with Crippen LogP contribution in [0.25, 0.3) is 11.3 Å². The molecule has 4 amide bonds. The lowest BCUT2D eigenvalue weighted by Crippen LogP contribution is -3.00. The summed E-state index contributed by atoms with van der Waals surface area (Å²) < 4.78 is 65.1. The minimum absolute atomic E-state index is 0. The second kappa shape index (κ2) is 28.3. The predicted octanol–water partition coefficient (Wildman–Crippen LogP) is 4.36. The van der Waals surface area contributed by atoms with Crippen molar-refractivity contribution in [3.63, 3.8) is 0 Å². The highest BCUT2D eigenvalue weighted by Gasteiger charge is 2.44. The minimum Gasteiger partial charge on any atom is -1.00 e. The Morgan fingerprint density at radius 2 is 1.33 bits per heavy atom. The zero-order chi connectivity index (χ0) is 59.3. The maximum absolute atomic E-state index is 15.5. The molecular weight excluding hydrogens is 1210 g/mol. The molecule has 2 unspecified atom stereocenters. The summed E-state index contributed by atoms with van der Waals surface area (Å²) in [5, 5.41) is 28.1. The number of pyridine rings is 2. The van der Waals surface area contributed by atoms with Crippen LogP contribution >= 0.6 is 11.3 Å². The number of amides is 4. The molecular formula is C54H60F2IN11O13S. The number of aromatic nitrogens is 6. The summed E-state index contributed by atoms with van der Waals surface area (Å²) in [5.41, 5.74) is -0.923. The van der Waals surface area contributed by atoms with Crippen molar-refractivity contribution < 1.29 is 99.6 Å². The van der Waals surface area contributed by atoms with Crippen LogP contribution in [-0.2, 0) is 63.4 Å². The van der Waals surface area contributed by atoms with Crippen LogP contribution in [0.4, 0.5) is 39.6 Å². The number of hydrogen-bond acceptors (Lipinski definition) is 19. The number of ether oxygens (including phenoxy) is 6. The van der Waals surface area contributed by atoms with Gasteiger partial charge in [-0.1, -0.05) is 31.2 Å². The van der Waals surface area contributed by atoms with Crippen LogP contribution in [0.2, 0.25) is 0 Å². The summed E-state index contributed by atoms with van der Waals surface area (Å²) in [4.78, 5) is 94.5. The van der Waals surface area contributed by atoms with Crippen molar-refractivity contribution in [1.82, 2.24) is 34.5 Å². The van der Waals surface area contributed by atoms with E-state index in [-0.39, 0.29) is 53.3 Å². The van der Waals surface area contributed by atoms with Crippen molar-refractivity contribution in [1.29, 1.82) is 5.26 Å². The van der Waals surface area contributed by atoms with Gasteiger partial charge in [0.15, 0.2) is 0 Å². The lowest BCUT2D eigenvalue weighted by atomic mass is 9.82. The van der Waals surface area contributed by atoms with Gasteiger partial charge in [0, 0.05) is 93.1 Å². The predicted molar refractivity (Wildman–Crippen MR) is 283 cm³/mol.